The van der Waals surface area contributed by atoms with Gasteiger partial charge in [0.1, 0.15) is 5.75 Å². The summed E-state index contributed by atoms with van der Waals surface area (Å²) in [5.41, 5.74) is 2.55. The van der Waals surface area contributed by atoms with Gasteiger partial charge >= 0.3 is 0 Å². The molecular formula is C22H26N2O3S. The zero-order chi connectivity index (χ0) is 19.7. The van der Waals surface area contributed by atoms with Crippen LogP contribution in [0.15, 0.2) is 59.6 Å². The molecular weight excluding hydrogens is 372 g/mol. The third-order valence-electron chi connectivity index (χ3n) is 5.59. The second-order valence-electron chi connectivity index (χ2n) is 7.30. The van der Waals surface area contributed by atoms with Gasteiger partial charge in [0.2, 0.25) is 10.0 Å². The normalized spacial score (nSPS) is 16.5. The van der Waals surface area contributed by atoms with Crippen molar-refractivity contribution in [1.29, 1.82) is 0 Å². The van der Waals surface area contributed by atoms with Gasteiger partial charge in [-0.3, -0.25) is 0 Å². The summed E-state index contributed by atoms with van der Waals surface area (Å²) < 4.78 is 35.2. The monoisotopic (exact) mass is 398 g/mol. The van der Waals surface area contributed by atoms with Crippen molar-refractivity contribution >= 4 is 20.9 Å². The molecule has 0 bridgehead atoms. The van der Waals surface area contributed by atoms with Crippen LogP contribution in [-0.4, -0.2) is 37.0 Å². The Hall–Kier alpha value is -2.31. The molecule has 0 atom stereocenters. The average molecular weight is 399 g/mol. The summed E-state index contributed by atoms with van der Waals surface area (Å²) in [6.45, 7) is 3.56. The molecule has 2 aromatic carbocycles. The summed E-state index contributed by atoms with van der Waals surface area (Å²) in [5, 5.41) is 1.28. The van der Waals surface area contributed by atoms with E-state index >= 15 is 0 Å². The number of aryl methyl sites for hydroxylation is 1. The molecule has 6 heteroatoms. The van der Waals surface area contributed by atoms with Gasteiger partial charge in [-0.05, 0) is 61.6 Å². The highest BCUT2D eigenvalue weighted by Crippen LogP contribution is 2.35. The van der Waals surface area contributed by atoms with Crippen LogP contribution in [0.25, 0.3) is 10.9 Å². The second-order valence-corrected chi connectivity index (χ2v) is 9.23. The molecule has 5 nitrogen and oxygen atoms in total. The molecule has 28 heavy (non-hydrogen) atoms. The van der Waals surface area contributed by atoms with Crippen molar-refractivity contribution in [2.24, 2.45) is 7.05 Å². The van der Waals surface area contributed by atoms with Gasteiger partial charge in [0.15, 0.2) is 0 Å². The van der Waals surface area contributed by atoms with Crippen LogP contribution in [0.4, 0.5) is 0 Å². The zero-order valence-corrected chi connectivity index (χ0v) is 17.2. The third kappa shape index (κ3) is 3.42. The van der Waals surface area contributed by atoms with Crippen LogP contribution in [0.3, 0.4) is 0 Å². The van der Waals surface area contributed by atoms with E-state index in [2.05, 4.69) is 42.1 Å². The number of hydrogen-bond donors (Lipinski definition) is 0. The van der Waals surface area contributed by atoms with Crippen LogP contribution in [0.5, 0.6) is 5.75 Å². The number of benzene rings is 2. The van der Waals surface area contributed by atoms with Crippen molar-refractivity contribution in [3.8, 4) is 5.75 Å². The largest absolute Gasteiger partial charge is 0.494 e. The van der Waals surface area contributed by atoms with Crippen LogP contribution >= 0.6 is 0 Å². The van der Waals surface area contributed by atoms with Crippen LogP contribution in [0, 0.1) is 0 Å². The summed E-state index contributed by atoms with van der Waals surface area (Å²) in [6, 6.07) is 15.1. The third-order valence-corrected chi connectivity index (χ3v) is 7.51. The fourth-order valence-electron chi connectivity index (χ4n) is 4.13. The van der Waals surface area contributed by atoms with Gasteiger partial charge in [0.25, 0.3) is 0 Å². The highest BCUT2D eigenvalue weighted by atomic mass is 32.2. The van der Waals surface area contributed by atoms with E-state index in [1.165, 1.54) is 16.5 Å². The molecule has 1 saturated heterocycles. The fraction of sp³-hybridized carbons (Fsp3) is 0.364. The Morgan fingerprint density at radius 2 is 1.71 bits per heavy atom. The number of hydrogen-bond acceptors (Lipinski definition) is 3. The number of fused-ring (bicyclic) bond motifs is 1. The van der Waals surface area contributed by atoms with E-state index in [0.29, 0.717) is 36.3 Å². The van der Waals surface area contributed by atoms with Gasteiger partial charge in [0.05, 0.1) is 11.5 Å². The molecule has 0 amide bonds. The van der Waals surface area contributed by atoms with Crippen molar-refractivity contribution < 1.29 is 13.2 Å². The lowest BCUT2D eigenvalue weighted by Gasteiger charge is -2.31. The maximum absolute atomic E-state index is 13.0. The van der Waals surface area contributed by atoms with E-state index < -0.39 is 10.0 Å². The SMILES string of the molecule is CCOc1ccc(S(=O)(=O)N2CCC(c3cn(C)c4ccccc34)CC2)cc1. The number of nitrogens with zero attached hydrogens (tertiary/aromatic N) is 2. The van der Waals surface area contributed by atoms with Crippen molar-refractivity contribution in [1.82, 2.24) is 8.87 Å². The lowest BCUT2D eigenvalue weighted by Crippen LogP contribution is -2.37. The summed E-state index contributed by atoms with van der Waals surface area (Å²) >= 11 is 0. The van der Waals surface area contributed by atoms with Gasteiger partial charge < -0.3 is 9.30 Å². The Morgan fingerprint density at radius 1 is 1.04 bits per heavy atom. The molecule has 1 aromatic heterocycles. The molecule has 0 radical (unpaired) electrons. The van der Waals surface area contributed by atoms with Gasteiger partial charge in [-0.15, -0.1) is 0 Å². The van der Waals surface area contributed by atoms with E-state index in [4.69, 9.17) is 4.74 Å². The minimum Gasteiger partial charge on any atom is -0.494 e. The highest BCUT2D eigenvalue weighted by Gasteiger charge is 2.31. The Kier molecular flexibility index (Phi) is 5.17. The maximum Gasteiger partial charge on any atom is 0.243 e. The van der Waals surface area contributed by atoms with E-state index in [-0.39, 0.29) is 0 Å². The summed E-state index contributed by atoms with van der Waals surface area (Å²) in [4.78, 5) is 0.333. The van der Waals surface area contributed by atoms with Gasteiger partial charge in [-0.25, -0.2) is 8.42 Å². The maximum atomic E-state index is 13.0. The topological polar surface area (TPSA) is 51.5 Å². The standard InChI is InChI=1S/C22H26N2O3S/c1-3-27-18-8-10-19(11-9-18)28(25,26)24-14-12-17(13-15-24)21-16-23(2)22-7-5-4-6-20(21)22/h4-11,16-17H,3,12-15H2,1-2H3. The lowest BCUT2D eigenvalue weighted by molar-refractivity contribution is 0.320. The molecule has 0 N–H and O–H groups in total. The Morgan fingerprint density at radius 3 is 2.39 bits per heavy atom. The van der Waals surface area contributed by atoms with E-state index in [0.717, 1.165) is 12.8 Å². The molecule has 2 heterocycles. The van der Waals surface area contributed by atoms with Crippen molar-refractivity contribution in [2.75, 3.05) is 19.7 Å². The van der Waals surface area contributed by atoms with Crippen molar-refractivity contribution in [2.45, 2.75) is 30.6 Å². The quantitative estimate of drug-likeness (QED) is 0.649. The molecule has 1 fully saturated rings. The van der Waals surface area contributed by atoms with Gasteiger partial charge in [0, 0.05) is 37.2 Å². The molecule has 0 saturated carbocycles. The molecule has 3 aromatic rings. The smallest absolute Gasteiger partial charge is 0.243 e. The number of aromatic nitrogens is 1. The Bertz CT molecular complexity index is 1060. The first-order valence-electron chi connectivity index (χ1n) is 9.77. The minimum absolute atomic E-state index is 0.333. The molecule has 0 aliphatic carbocycles. The summed E-state index contributed by atoms with van der Waals surface area (Å²) in [6.07, 6.45) is 3.88. The minimum atomic E-state index is -3.46. The number of ether oxygens (including phenoxy) is 1. The zero-order valence-electron chi connectivity index (χ0n) is 16.3. The molecule has 4 rings (SSSR count). The predicted octanol–water partition coefficient (Wildman–Crippen LogP) is 4.15. The molecule has 1 aliphatic rings. The van der Waals surface area contributed by atoms with Gasteiger partial charge in [-0.1, -0.05) is 18.2 Å². The lowest BCUT2D eigenvalue weighted by atomic mass is 9.90. The van der Waals surface area contributed by atoms with E-state index in [9.17, 15) is 8.42 Å². The van der Waals surface area contributed by atoms with Gasteiger partial charge in [-0.2, -0.15) is 4.31 Å². The van der Waals surface area contributed by atoms with Crippen LogP contribution in [0.2, 0.25) is 0 Å². The number of sulfonamides is 1. The molecule has 148 valence electrons. The fourth-order valence-corrected chi connectivity index (χ4v) is 5.60. The highest BCUT2D eigenvalue weighted by molar-refractivity contribution is 7.89. The van der Waals surface area contributed by atoms with Crippen LogP contribution in [0.1, 0.15) is 31.2 Å². The molecule has 0 spiro atoms. The first-order valence-corrected chi connectivity index (χ1v) is 11.2. The Balaban J connectivity index is 1.50. The average Bonchev–Trinajstić information content (AvgIpc) is 3.06. The van der Waals surface area contributed by atoms with Crippen molar-refractivity contribution in [3.63, 3.8) is 0 Å². The number of para-hydroxylation sites is 1. The molecule has 1 aliphatic heterocycles. The predicted molar refractivity (Wildman–Crippen MR) is 111 cm³/mol. The first-order chi connectivity index (χ1) is 13.5. The first kappa shape index (κ1) is 19.0. The number of rotatable bonds is 5. The summed E-state index contributed by atoms with van der Waals surface area (Å²) in [5.74, 6) is 1.08. The van der Waals surface area contributed by atoms with Crippen LogP contribution < -0.4 is 4.74 Å². The van der Waals surface area contributed by atoms with E-state index in [1.807, 2.05) is 6.92 Å². The second kappa shape index (κ2) is 7.60. The summed E-state index contributed by atoms with van der Waals surface area (Å²) in [7, 11) is -1.40. The van der Waals surface area contributed by atoms with E-state index in [1.54, 1.807) is 28.6 Å². The molecule has 0 unspecified atom stereocenters. The number of piperidine rings is 1. The Labute approximate surface area is 166 Å². The van der Waals surface area contributed by atoms with Crippen LogP contribution in [-0.2, 0) is 17.1 Å². The van der Waals surface area contributed by atoms with Crippen molar-refractivity contribution in [3.05, 3.63) is 60.3 Å².